The molecule has 0 aliphatic carbocycles. The van der Waals surface area contributed by atoms with E-state index in [1.807, 2.05) is 24.3 Å². The van der Waals surface area contributed by atoms with E-state index in [0.29, 0.717) is 11.5 Å². The van der Waals surface area contributed by atoms with E-state index in [2.05, 4.69) is 49.4 Å². The third kappa shape index (κ3) is 4.54. The number of benzene rings is 1. The minimum atomic E-state index is -0.127. The van der Waals surface area contributed by atoms with Gasteiger partial charge in [0.15, 0.2) is 0 Å². The fourth-order valence-electron chi connectivity index (χ4n) is 3.55. The number of hydrogen-bond donors (Lipinski definition) is 2. The van der Waals surface area contributed by atoms with Crippen LogP contribution in [-0.2, 0) is 0 Å². The summed E-state index contributed by atoms with van der Waals surface area (Å²) >= 11 is 0. The van der Waals surface area contributed by atoms with Crippen molar-refractivity contribution in [2.75, 3.05) is 30.4 Å². The minimum absolute atomic E-state index is 0.127. The summed E-state index contributed by atoms with van der Waals surface area (Å²) < 4.78 is 0. The van der Waals surface area contributed by atoms with Crippen LogP contribution in [-0.4, -0.2) is 35.1 Å². The number of piperidine rings is 1. The van der Waals surface area contributed by atoms with E-state index >= 15 is 0 Å². The summed E-state index contributed by atoms with van der Waals surface area (Å²) in [6, 6.07) is 12.2. The summed E-state index contributed by atoms with van der Waals surface area (Å²) in [6.45, 7) is 2.27. The molecule has 2 N–H and O–H groups in total. The van der Waals surface area contributed by atoms with Crippen molar-refractivity contribution in [1.82, 2.24) is 15.0 Å². The van der Waals surface area contributed by atoms with Gasteiger partial charge in [0.2, 0.25) is 5.95 Å². The summed E-state index contributed by atoms with van der Waals surface area (Å²) in [5, 5.41) is 2.93. The summed E-state index contributed by atoms with van der Waals surface area (Å²) in [7, 11) is 1.77. The zero-order valence-electron chi connectivity index (χ0n) is 16.6. The van der Waals surface area contributed by atoms with E-state index in [0.717, 1.165) is 29.9 Å². The highest BCUT2D eigenvalue weighted by Gasteiger charge is 2.10. The van der Waals surface area contributed by atoms with E-state index in [1.165, 1.54) is 24.9 Å². The van der Waals surface area contributed by atoms with Crippen LogP contribution in [0, 0.1) is 0 Å². The monoisotopic (exact) mass is 387 g/mol. The molecule has 1 saturated heterocycles. The van der Waals surface area contributed by atoms with Gasteiger partial charge in [-0.2, -0.15) is 0 Å². The van der Waals surface area contributed by atoms with Crippen LogP contribution in [0.1, 0.15) is 30.4 Å². The lowest BCUT2D eigenvalue weighted by atomic mass is 10.1. The molecule has 6 nitrogen and oxygen atoms in total. The molecule has 4 rings (SSSR count). The van der Waals surface area contributed by atoms with Crippen molar-refractivity contribution < 1.29 is 0 Å². The molecule has 0 saturated carbocycles. The smallest absolute Gasteiger partial charge is 0.255 e. The highest BCUT2D eigenvalue weighted by Crippen LogP contribution is 2.21. The highest BCUT2D eigenvalue weighted by molar-refractivity contribution is 5.72. The van der Waals surface area contributed by atoms with Crippen molar-refractivity contribution in [3.05, 3.63) is 70.3 Å². The molecule has 1 aliphatic heterocycles. The largest absolute Gasteiger partial charge is 0.372 e. The normalized spacial score (nSPS) is 14.3. The molecule has 0 amide bonds. The second kappa shape index (κ2) is 8.73. The van der Waals surface area contributed by atoms with Crippen LogP contribution in [0.15, 0.2) is 53.6 Å². The average Bonchev–Trinajstić information content (AvgIpc) is 2.79. The van der Waals surface area contributed by atoms with Gasteiger partial charge in [-0.3, -0.25) is 4.79 Å². The van der Waals surface area contributed by atoms with E-state index in [9.17, 15) is 4.79 Å². The Labute approximate surface area is 170 Å². The van der Waals surface area contributed by atoms with Crippen molar-refractivity contribution in [2.45, 2.75) is 19.3 Å². The third-order valence-corrected chi connectivity index (χ3v) is 5.18. The third-order valence-electron chi connectivity index (χ3n) is 5.18. The Morgan fingerprint density at radius 3 is 2.62 bits per heavy atom. The van der Waals surface area contributed by atoms with E-state index < -0.39 is 0 Å². The number of pyridine rings is 1. The number of hydrogen-bond acceptors (Lipinski definition) is 5. The predicted molar refractivity (Wildman–Crippen MR) is 119 cm³/mol. The number of rotatable bonds is 5. The number of anilines is 2. The fraction of sp³-hybridized carbons (Fsp3) is 0.261. The Morgan fingerprint density at radius 1 is 1.07 bits per heavy atom. The molecule has 0 atom stereocenters. The Kier molecular flexibility index (Phi) is 5.70. The molecule has 0 bridgehead atoms. The highest BCUT2D eigenvalue weighted by atomic mass is 16.1. The van der Waals surface area contributed by atoms with Gasteiger partial charge in [-0.25, -0.2) is 9.97 Å². The number of nitrogens with one attached hydrogen (secondary N) is 2. The molecule has 3 heterocycles. The van der Waals surface area contributed by atoms with Crippen molar-refractivity contribution >= 4 is 23.8 Å². The summed E-state index contributed by atoms with van der Waals surface area (Å²) in [6.07, 6.45) is 11.0. The standard InChI is InChI=1S/C23H25N5O/c1-24-23-25-12-11-21(27-23)19-15-18(22(29)26-16-19)8-5-17-6-9-20(10-7-17)28-13-3-2-4-14-28/h5-12,15-16H,2-4,13-14H2,1H3,(H,26,29)(H,24,25,27). The maximum Gasteiger partial charge on any atom is 0.255 e. The van der Waals surface area contributed by atoms with E-state index in [4.69, 9.17) is 0 Å². The molecule has 1 aliphatic rings. The maximum absolute atomic E-state index is 12.2. The SMILES string of the molecule is CNc1nccc(-c2c[nH]c(=O)c(C=Cc3ccc(N4CCCCC4)cc3)c2)n1. The molecule has 3 aromatic rings. The quantitative estimate of drug-likeness (QED) is 0.691. The molecule has 0 radical (unpaired) electrons. The van der Waals surface area contributed by atoms with Crippen molar-refractivity contribution in [2.24, 2.45) is 0 Å². The van der Waals surface area contributed by atoms with Gasteiger partial charge in [0, 0.05) is 49.3 Å². The molecular weight excluding hydrogens is 362 g/mol. The summed E-state index contributed by atoms with van der Waals surface area (Å²) in [5.74, 6) is 0.541. The second-order valence-corrected chi connectivity index (χ2v) is 7.16. The van der Waals surface area contributed by atoms with E-state index in [1.54, 1.807) is 19.4 Å². The molecule has 2 aromatic heterocycles. The molecule has 6 heteroatoms. The molecule has 0 unspecified atom stereocenters. The van der Waals surface area contributed by atoms with Gasteiger partial charge >= 0.3 is 0 Å². The first-order chi connectivity index (χ1) is 14.2. The van der Waals surface area contributed by atoms with Crippen molar-refractivity contribution in [1.29, 1.82) is 0 Å². The lowest BCUT2D eigenvalue weighted by Gasteiger charge is -2.28. The van der Waals surface area contributed by atoms with Crippen LogP contribution >= 0.6 is 0 Å². The summed E-state index contributed by atoms with van der Waals surface area (Å²) in [5.41, 5.74) is 4.38. The average molecular weight is 387 g/mol. The Bertz CT molecular complexity index is 1050. The lowest BCUT2D eigenvalue weighted by molar-refractivity contribution is 0.578. The lowest BCUT2D eigenvalue weighted by Crippen LogP contribution is -2.29. The number of aromatic amines is 1. The van der Waals surface area contributed by atoms with E-state index in [-0.39, 0.29) is 5.56 Å². The predicted octanol–water partition coefficient (Wildman–Crippen LogP) is 4.03. The number of H-pyrrole nitrogens is 1. The van der Waals surface area contributed by atoms with Crippen LogP contribution in [0.2, 0.25) is 0 Å². The van der Waals surface area contributed by atoms with Crippen LogP contribution < -0.4 is 15.8 Å². The van der Waals surface area contributed by atoms with Crippen molar-refractivity contribution in [3.8, 4) is 11.3 Å². The molecule has 1 fully saturated rings. The van der Waals surface area contributed by atoms with Gasteiger partial charge < -0.3 is 15.2 Å². The number of aromatic nitrogens is 3. The molecule has 29 heavy (non-hydrogen) atoms. The Morgan fingerprint density at radius 2 is 1.86 bits per heavy atom. The van der Waals surface area contributed by atoms with Gasteiger partial charge in [0.25, 0.3) is 5.56 Å². The van der Waals surface area contributed by atoms with Crippen LogP contribution in [0.5, 0.6) is 0 Å². The Hall–Kier alpha value is -3.41. The van der Waals surface area contributed by atoms with Gasteiger partial charge in [0.1, 0.15) is 0 Å². The first-order valence-corrected chi connectivity index (χ1v) is 10.00. The van der Waals surface area contributed by atoms with Gasteiger partial charge in [-0.05, 0) is 55.2 Å². The van der Waals surface area contributed by atoms with Gasteiger partial charge in [-0.1, -0.05) is 18.2 Å². The number of nitrogens with zero attached hydrogens (tertiary/aromatic N) is 3. The Balaban J connectivity index is 1.54. The van der Waals surface area contributed by atoms with Gasteiger partial charge in [0.05, 0.1) is 5.69 Å². The topological polar surface area (TPSA) is 73.9 Å². The zero-order valence-corrected chi connectivity index (χ0v) is 16.6. The second-order valence-electron chi connectivity index (χ2n) is 7.16. The maximum atomic E-state index is 12.2. The molecule has 0 spiro atoms. The van der Waals surface area contributed by atoms with Crippen LogP contribution in [0.4, 0.5) is 11.6 Å². The fourth-order valence-corrected chi connectivity index (χ4v) is 3.55. The molecular formula is C23H25N5O. The first-order valence-electron chi connectivity index (χ1n) is 10.00. The van der Waals surface area contributed by atoms with Crippen LogP contribution in [0.3, 0.4) is 0 Å². The van der Waals surface area contributed by atoms with Crippen molar-refractivity contribution in [3.63, 3.8) is 0 Å². The first kappa shape index (κ1) is 18.9. The van der Waals surface area contributed by atoms with Gasteiger partial charge in [-0.15, -0.1) is 0 Å². The zero-order chi connectivity index (χ0) is 20.1. The van der Waals surface area contributed by atoms with Crippen LogP contribution in [0.25, 0.3) is 23.4 Å². The molecule has 1 aromatic carbocycles. The summed E-state index contributed by atoms with van der Waals surface area (Å²) in [4.78, 5) is 26.0. The minimum Gasteiger partial charge on any atom is -0.372 e. The molecule has 148 valence electrons.